The summed E-state index contributed by atoms with van der Waals surface area (Å²) in [4.78, 5) is 7.19. The number of H-pyrrole nitrogens is 3. The second-order valence-corrected chi connectivity index (χ2v) is 3.07. The van der Waals surface area contributed by atoms with Crippen molar-refractivity contribution in [3.63, 3.8) is 0 Å². The molecule has 0 spiro atoms. The minimum atomic E-state index is 0.761. The van der Waals surface area contributed by atoms with Crippen LogP contribution in [0.4, 0.5) is 0 Å². The normalized spacial score (nSPS) is 10.7. The Morgan fingerprint density at radius 2 is 2.07 bits per heavy atom. The average molecular weight is 200 g/mol. The average Bonchev–Trinajstić information content (AvgIpc) is 3.01. The highest BCUT2D eigenvalue weighted by Crippen LogP contribution is 2.25. The highest BCUT2D eigenvalue weighted by atomic mass is 15.1. The van der Waals surface area contributed by atoms with Crippen molar-refractivity contribution in [2.75, 3.05) is 0 Å². The number of aromatic amines is 3. The van der Waals surface area contributed by atoms with E-state index in [4.69, 9.17) is 0 Å². The Morgan fingerprint density at radius 1 is 1.07 bits per heavy atom. The van der Waals surface area contributed by atoms with E-state index in [0.29, 0.717) is 0 Å². The van der Waals surface area contributed by atoms with Gasteiger partial charge in [0.2, 0.25) is 0 Å². The van der Waals surface area contributed by atoms with E-state index in [1.165, 1.54) is 0 Å². The third kappa shape index (κ3) is 1.23. The quantitative estimate of drug-likeness (QED) is 0.580. The first-order valence-electron chi connectivity index (χ1n) is 4.48. The minimum Gasteiger partial charge on any atom is -0.343 e. The largest absolute Gasteiger partial charge is 0.343 e. The van der Waals surface area contributed by atoms with Gasteiger partial charge in [-0.3, -0.25) is 10.2 Å². The minimum absolute atomic E-state index is 0.761. The fraction of sp³-hybridized carbons (Fsp3) is 0. The Balaban J connectivity index is 2.15. The van der Waals surface area contributed by atoms with Crippen LogP contribution >= 0.6 is 0 Å². The number of rotatable bonds is 2. The molecule has 3 N–H and O–H groups in total. The molecule has 0 aliphatic carbocycles. The first-order valence-corrected chi connectivity index (χ1v) is 4.48. The van der Waals surface area contributed by atoms with Crippen LogP contribution in [0.3, 0.4) is 0 Å². The first kappa shape index (κ1) is 7.98. The monoisotopic (exact) mass is 200 g/mol. The zero-order chi connectivity index (χ0) is 10.1. The first-order chi connectivity index (χ1) is 7.45. The molecule has 0 saturated heterocycles. The molecule has 6 nitrogen and oxygen atoms in total. The fourth-order valence-electron chi connectivity index (χ4n) is 1.48. The smallest absolute Gasteiger partial charge is 0.156 e. The van der Waals surface area contributed by atoms with Crippen LogP contribution in [0, 0.1) is 0 Å². The van der Waals surface area contributed by atoms with Gasteiger partial charge in [0.15, 0.2) is 5.82 Å². The van der Waals surface area contributed by atoms with Crippen LogP contribution in [-0.2, 0) is 0 Å². The van der Waals surface area contributed by atoms with Gasteiger partial charge in [-0.05, 0) is 6.07 Å². The molecule has 3 aromatic rings. The van der Waals surface area contributed by atoms with Gasteiger partial charge in [-0.15, -0.1) is 0 Å². The Labute approximate surface area is 84.8 Å². The highest BCUT2D eigenvalue weighted by Gasteiger charge is 2.11. The number of hydrogen-bond acceptors (Lipinski definition) is 3. The van der Waals surface area contributed by atoms with E-state index in [1.807, 2.05) is 6.07 Å². The van der Waals surface area contributed by atoms with Crippen LogP contribution in [0.1, 0.15) is 0 Å². The van der Waals surface area contributed by atoms with E-state index in [2.05, 4.69) is 30.4 Å². The van der Waals surface area contributed by atoms with Gasteiger partial charge in [0.1, 0.15) is 5.69 Å². The lowest BCUT2D eigenvalue weighted by Crippen LogP contribution is -1.84. The topological polar surface area (TPSA) is 86.0 Å². The van der Waals surface area contributed by atoms with Gasteiger partial charge in [0, 0.05) is 24.2 Å². The Bertz CT molecular complexity index is 484. The predicted octanol–water partition coefficient (Wildman–Crippen LogP) is 1.19. The lowest BCUT2D eigenvalue weighted by Gasteiger charge is -1.96. The van der Waals surface area contributed by atoms with Crippen molar-refractivity contribution in [3.8, 4) is 22.8 Å². The summed E-state index contributed by atoms with van der Waals surface area (Å²) in [5.41, 5.74) is 2.71. The van der Waals surface area contributed by atoms with Gasteiger partial charge in [-0.25, -0.2) is 4.98 Å². The van der Waals surface area contributed by atoms with Gasteiger partial charge < -0.3 is 4.98 Å². The molecule has 0 fully saturated rings. The molecule has 0 bridgehead atoms. The lowest BCUT2D eigenvalue weighted by molar-refractivity contribution is 1.08. The van der Waals surface area contributed by atoms with E-state index in [9.17, 15) is 0 Å². The van der Waals surface area contributed by atoms with Crippen LogP contribution in [0.25, 0.3) is 22.8 Å². The Hall–Kier alpha value is -2.37. The van der Waals surface area contributed by atoms with Crippen molar-refractivity contribution < 1.29 is 0 Å². The third-order valence-electron chi connectivity index (χ3n) is 2.17. The van der Waals surface area contributed by atoms with Gasteiger partial charge in [-0.1, -0.05) is 0 Å². The molecule has 0 saturated carbocycles. The molecule has 0 amide bonds. The summed E-state index contributed by atoms with van der Waals surface area (Å²) in [5, 5.41) is 13.7. The van der Waals surface area contributed by atoms with E-state index < -0.39 is 0 Å². The summed E-state index contributed by atoms with van der Waals surface area (Å²) in [6.07, 6.45) is 6.92. The maximum Gasteiger partial charge on any atom is 0.156 e. The predicted molar refractivity (Wildman–Crippen MR) is 53.8 cm³/mol. The summed E-state index contributed by atoms with van der Waals surface area (Å²) < 4.78 is 0. The molecule has 6 heteroatoms. The molecule has 0 aliphatic heterocycles. The summed E-state index contributed by atoms with van der Waals surface area (Å²) in [6, 6.07) is 1.89. The lowest BCUT2D eigenvalue weighted by atomic mass is 10.2. The number of hydrogen-bond donors (Lipinski definition) is 3. The molecule has 0 atom stereocenters. The molecule has 3 heterocycles. The van der Waals surface area contributed by atoms with Gasteiger partial charge >= 0.3 is 0 Å². The highest BCUT2D eigenvalue weighted by molar-refractivity contribution is 5.74. The molecule has 3 aromatic heterocycles. The fourth-order valence-corrected chi connectivity index (χ4v) is 1.48. The molecule has 0 unspecified atom stereocenters. The second kappa shape index (κ2) is 3.09. The van der Waals surface area contributed by atoms with E-state index >= 15 is 0 Å². The molecule has 74 valence electrons. The summed E-state index contributed by atoms with van der Waals surface area (Å²) in [6.45, 7) is 0. The van der Waals surface area contributed by atoms with Gasteiger partial charge in [0.25, 0.3) is 0 Å². The molecule has 0 radical (unpaired) electrons. The zero-order valence-corrected chi connectivity index (χ0v) is 7.73. The van der Waals surface area contributed by atoms with Crippen LogP contribution in [0.15, 0.2) is 30.9 Å². The van der Waals surface area contributed by atoms with E-state index in [1.54, 1.807) is 24.8 Å². The molecular weight excluding hydrogens is 192 g/mol. The maximum absolute atomic E-state index is 4.17. The standard InChI is InChI=1S/C9H8N6/c1-2-12-14-7(1)6-5-13-15-8(6)9-10-3-4-11-9/h1-5H,(H,10,11)(H,12,14)(H,13,15). The molecular formula is C9H8N6. The summed E-state index contributed by atoms with van der Waals surface area (Å²) in [5.74, 6) is 0.761. The van der Waals surface area contributed by atoms with Crippen LogP contribution in [0.5, 0.6) is 0 Å². The SMILES string of the molecule is c1cc(-c2cn[nH]c2-c2ncc[nH]2)[nH]n1. The Kier molecular flexibility index (Phi) is 1.64. The van der Waals surface area contributed by atoms with Crippen molar-refractivity contribution in [2.45, 2.75) is 0 Å². The summed E-state index contributed by atoms with van der Waals surface area (Å²) in [7, 11) is 0. The number of imidazole rings is 1. The second-order valence-electron chi connectivity index (χ2n) is 3.07. The number of aromatic nitrogens is 6. The maximum atomic E-state index is 4.17. The molecule has 0 aromatic carbocycles. The van der Waals surface area contributed by atoms with Gasteiger partial charge in [-0.2, -0.15) is 10.2 Å². The number of nitrogens with zero attached hydrogens (tertiary/aromatic N) is 3. The molecule has 0 aliphatic rings. The van der Waals surface area contributed by atoms with Gasteiger partial charge in [0.05, 0.1) is 11.9 Å². The van der Waals surface area contributed by atoms with Crippen molar-refractivity contribution in [3.05, 3.63) is 30.9 Å². The van der Waals surface area contributed by atoms with E-state index in [0.717, 1.165) is 22.8 Å². The van der Waals surface area contributed by atoms with Crippen LogP contribution in [-0.4, -0.2) is 30.4 Å². The van der Waals surface area contributed by atoms with Crippen molar-refractivity contribution >= 4 is 0 Å². The number of nitrogens with one attached hydrogen (secondary N) is 3. The van der Waals surface area contributed by atoms with Crippen LogP contribution < -0.4 is 0 Å². The van der Waals surface area contributed by atoms with Crippen molar-refractivity contribution in [1.82, 2.24) is 30.4 Å². The van der Waals surface area contributed by atoms with E-state index in [-0.39, 0.29) is 0 Å². The van der Waals surface area contributed by atoms with Crippen molar-refractivity contribution in [2.24, 2.45) is 0 Å². The molecule has 15 heavy (non-hydrogen) atoms. The van der Waals surface area contributed by atoms with Crippen molar-refractivity contribution in [1.29, 1.82) is 0 Å². The third-order valence-corrected chi connectivity index (χ3v) is 2.17. The Morgan fingerprint density at radius 3 is 2.80 bits per heavy atom. The zero-order valence-electron chi connectivity index (χ0n) is 7.73. The summed E-state index contributed by atoms with van der Waals surface area (Å²) >= 11 is 0. The molecule has 3 rings (SSSR count). The van der Waals surface area contributed by atoms with Crippen LogP contribution in [0.2, 0.25) is 0 Å².